The van der Waals surface area contributed by atoms with E-state index in [4.69, 9.17) is 4.74 Å². The number of rotatable bonds is 3. The first-order chi connectivity index (χ1) is 7.22. The highest BCUT2D eigenvalue weighted by Gasteiger charge is 2.39. The highest BCUT2D eigenvalue weighted by atomic mass is 16.6. The van der Waals surface area contributed by atoms with Crippen LogP contribution in [0.4, 0.5) is 4.79 Å². The number of hydrogen-bond donors (Lipinski definition) is 1. The summed E-state index contributed by atoms with van der Waals surface area (Å²) in [5, 5.41) is 3.06. The summed E-state index contributed by atoms with van der Waals surface area (Å²) in [6.07, 6.45) is 4.16. The maximum atomic E-state index is 11.7. The number of ether oxygens (including phenoxy) is 1. The van der Waals surface area contributed by atoms with Gasteiger partial charge in [0.1, 0.15) is 5.60 Å². The Morgan fingerprint density at radius 2 is 1.94 bits per heavy atom. The smallest absolute Gasteiger partial charge is 0.408 e. The number of carbonyl (C=O) groups is 1. The lowest BCUT2D eigenvalue weighted by Gasteiger charge is -2.43. The molecular weight excluding hydrogens is 202 g/mol. The Morgan fingerprint density at radius 3 is 2.25 bits per heavy atom. The molecule has 16 heavy (non-hydrogen) atoms. The molecule has 1 amide bonds. The van der Waals surface area contributed by atoms with Crippen LogP contribution in [0.1, 0.15) is 60.3 Å². The number of carbonyl (C=O) groups excluding carboxylic acids is 1. The Morgan fingerprint density at radius 1 is 1.38 bits per heavy atom. The Labute approximate surface area is 98.9 Å². The van der Waals surface area contributed by atoms with E-state index in [1.54, 1.807) is 0 Å². The number of amides is 1. The summed E-state index contributed by atoms with van der Waals surface area (Å²) in [4.78, 5) is 11.7. The van der Waals surface area contributed by atoms with Gasteiger partial charge in [0.25, 0.3) is 0 Å². The summed E-state index contributed by atoms with van der Waals surface area (Å²) < 4.78 is 5.30. The molecule has 0 heterocycles. The molecule has 3 nitrogen and oxygen atoms in total. The average molecular weight is 227 g/mol. The third-order valence-electron chi connectivity index (χ3n) is 2.88. The molecule has 0 saturated heterocycles. The molecule has 94 valence electrons. The van der Waals surface area contributed by atoms with Crippen LogP contribution in [0.25, 0.3) is 0 Å². The van der Waals surface area contributed by atoms with E-state index in [9.17, 15) is 4.79 Å². The Hall–Kier alpha value is -0.730. The molecule has 0 aromatic rings. The van der Waals surface area contributed by atoms with Crippen LogP contribution in [-0.2, 0) is 4.74 Å². The quantitative estimate of drug-likeness (QED) is 0.801. The zero-order valence-electron chi connectivity index (χ0n) is 11.2. The second-order valence-electron chi connectivity index (χ2n) is 6.36. The predicted molar refractivity (Wildman–Crippen MR) is 65.4 cm³/mol. The molecule has 1 saturated carbocycles. The second-order valence-corrected chi connectivity index (χ2v) is 6.36. The molecule has 1 N–H and O–H groups in total. The summed E-state index contributed by atoms with van der Waals surface area (Å²) in [7, 11) is 0. The van der Waals surface area contributed by atoms with Crippen LogP contribution in [0.2, 0.25) is 0 Å². The van der Waals surface area contributed by atoms with Gasteiger partial charge in [-0.15, -0.1) is 0 Å². The SMILES string of the molecule is CC(C)CC1(NC(=O)OC(C)(C)C)CCC1. The maximum absolute atomic E-state index is 11.7. The van der Waals surface area contributed by atoms with Crippen LogP contribution in [-0.4, -0.2) is 17.2 Å². The molecule has 1 fully saturated rings. The molecule has 1 aliphatic carbocycles. The minimum Gasteiger partial charge on any atom is -0.444 e. The number of nitrogens with one attached hydrogen (secondary N) is 1. The summed E-state index contributed by atoms with van der Waals surface area (Å²) in [5.74, 6) is 0.607. The fourth-order valence-corrected chi connectivity index (χ4v) is 2.29. The van der Waals surface area contributed by atoms with Gasteiger partial charge in [-0.3, -0.25) is 0 Å². The van der Waals surface area contributed by atoms with Crippen LogP contribution < -0.4 is 5.32 Å². The number of hydrogen-bond acceptors (Lipinski definition) is 2. The van der Waals surface area contributed by atoms with Gasteiger partial charge in [-0.2, -0.15) is 0 Å². The van der Waals surface area contributed by atoms with Crippen molar-refractivity contribution in [1.29, 1.82) is 0 Å². The van der Waals surface area contributed by atoms with Crippen molar-refractivity contribution >= 4 is 6.09 Å². The molecule has 0 aromatic carbocycles. The molecule has 0 aliphatic heterocycles. The summed E-state index contributed by atoms with van der Waals surface area (Å²) in [5.41, 5.74) is -0.399. The van der Waals surface area contributed by atoms with Crippen LogP contribution >= 0.6 is 0 Å². The van der Waals surface area contributed by atoms with Gasteiger partial charge >= 0.3 is 6.09 Å². The number of alkyl carbamates (subject to hydrolysis) is 1. The summed E-state index contributed by atoms with van der Waals surface area (Å²) in [6.45, 7) is 10.1. The fraction of sp³-hybridized carbons (Fsp3) is 0.923. The van der Waals surface area contributed by atoms with Crippen molar-refractivity contribution in [2.45, 2.75) is 71.4 Å². The summed E-state index contributed by atoms with van der Waals surface area (Å²) >= 11 is 0. The van der Waals surface area contributed by atoms with E-state index < -0.39 is 5.60 Å². The third kappa shape index (κ3) is 4.03. The molecular formula is C13H25NO2. The monoisotopic (exact) mass is 227 g/mol. The average Bonchev–Trinajstić information content (AvgIpc) is 1.95. The van der Waals surface area contributed by atoms with Crippen LogP contribution in [0, 0.1) is 5.92 Å². The van der Waals surface area contributed by atoms with E-state index in [0.29, 0.717) is 5.92 Å². The van der Waals surface area contributed by atoms with Crippen molar-refractivity contribution in [3.8, 4) is 0 Å². The van der Waals surface area contributed by atoms with Gasteiger partial charge in [-0.1, -0.05) is 13.8 Å². The van der Waals surface area contributed by atoms with E-state index in [1.165, 1.54) is 6.42 Å². The van der Waals surface area contributed by atoms with Crippen molar-refractivity contribution < 1.29 is 9.53 Å². The zero-order valence-corrected chi connectivity index (χ0v) is 11.2. The van der Waals surface area contributed by atoms with Crippen molar-refractivity contribution in [2.24, 2.45) is 5.92 Å². The molecule has 0 bridgehead atoms. The fourth-order valence-electron chi connectivity index (χ4n) is 2.29. The van der Waals surface area contributed by atoms with Gasteiger partial charge in [-0.05, 0) is 52.4 Å². The normalized spacial score (nSPS) is 19.1. The van der Waals surface area contributed by atoms with E-state index in [1.807, 2.05) is 20.8 Å². The predicted octanol–water partition coefficient (Wildman–Crippen LogP) is 3.48. The Balaban J connectivity index is 2.47. The van der Waals surface area contributed by atoms with Crippen LogP contribution in [0.5, 0.6) is 0 Å². The van der Waals surface area contributed by atoms with Crippen LogP contribution in [0.3, 0.4) is 0 Å². The van der Waals surface area contributed by atoms with E-state index in [0.717, 1.165) is 19.3 Å². The minimum atomic E-state index is -0.410. The lowest BCUT2D eigenvalue weighted by molar-refractivity contribution is 0.0353. The largest absolute Gasteiger partial charge is 0.444 e. The second kappa shape index (κ2) is 4.64. The van der Waals surface area contributed by atoms with Crippen LogP contribution in [0.15, 0.2) is 0 Å². The molecule has 0 atom stereocenters. The lowest BCUT2D eigenvalue weighted by Crippen LogP contribution is -2.55. The van der Waals surface area contributed by atoms with Crippen molar-refractivity contribution in [3.63, 3.8) is 0 Å². The maximum Gasteiger partial charge on any atom is 0.408 e. The zero-order chi connectivity index (χ0) is 12.4. The van der Waals surface area contributed by atoms with E-state index in [-0.39, 0.29) is 11.6 Å². The lowest BCUT2D eigenvalue weighted by atomic mass is 9.72. The standard InChI is InChI=1S/C13H25NO2/c1-10(2)9-13(7-6-8-13)14-11(15)16-12(3,4)5/h10H,6-9H2,1-5H3,(H,14,15). The van der Waals surface area contributed by atoms with Crippen molar-refractivity contribution in [3.05, 3.63) is 0 Å². The molecule has 1 rings (SSSR count). The third-order valence-corrected chi connectivity index (χ3v) is 2.88. The van der Waals surface area contributed by atoms with Gasteiger partial charge in [0.2, 0.25) is 0 Å². The first-order valence-corrected chi connectivity index (χ1v) is 6.24. The molecule has 3 heteroatoms. The Bertz CT molecular complexity index is 249. The van der Waals surface area contributed by atoms with Gasteiger partial charge in [0.05, 0.1) is 0 Å². The van der Waals surface area contributed by atoms with Crippen molar-refractivity contribution in [2.75, 3.05) is 0 Å². The topological polar surface area (TPSA) is 38.3 Å². The first kappa shape index (κ1) is 13.3. The first-order valence-electron chi connectivity index (χ1n) is 6.24. The molecule has 0 spiro atoms. The van der Waals surface area contributed by atoms with Gasteiger partial charge in [0, 0.05) is 5.54 Å². The molecule has 0 radical (unpaired) electrons. The van der Waals surface area contributed by atoms with Gasteiger partial charge in [-0.25, -0.2) is 4.79 Å². The molecule has 0 aromatic heterocycles. The highest BCUT2D eigenvalue weighted by molar-refractivity contribution is 5.69. The molecule has 1 aliphatic rings. The minimum absolute atomic E-state index is 0.0104. The van der Waals surface area contributed by atoms with E-state index >= 15 is 0 Å². The molecule has 0 unspecified atom stereocenters. The van der Waals surface area contributed by atoms with Gasteiger partial charge < -0.3 is 10.1 Å². The Kier molecular flexibility index (Phi) is 3.87. The summed E-state index contributed by atoms with van der Waals surface area (Å²) in [6, 6.07) is 0. The van der Waals surface area contributed by atoms with Crippen molar-refractivity contribution in [1.82, 2.24) is 5.32 Å². The highest BCUT2D eigenvalue weighted by Crippen LogP contribution is 2.37. The van der Waals surface area contributed by atoms with Gasteiger partial charge in [0.15, 0.2) is 0 Å². The van der Waals surface area contributed by atoms with E-state index in [2.05, 4.69) is 19.2 Å².